The van der Waals surface area contributed by atoms with E-state index in [-0.39, 0.29) is 18.5 Å². The molecular formula is C21H22F2N2O3. The van der Waals surface area contributed by atoms with Gasteiger partial charge in [-0.15, -0.1) is 0 Å². The molecule has 0 bridgehead atoms. The summed E-state index contributed by atoms with van der Waals surface area (Å²) in [5, 5.41) is 2.94. The molecule has 0 aromatic heterocycles. The van der Waals surface area contributed by atoms with Crippen molar-refractivity contribution in [2.75, 3.05) is 13.7 Å². The van der Waals surface area contributed by atoms with Gasteiger partial charge in [-0.25, -0.2) is 8.78 Å². The van der Waals surface area contributed by atoms with Crippen molar-refractivity contribution in [2.24, 2.45) is 0 Å². The number of halogens is 2. The molecule has 2 atom stereocenters. The van der Waals surface area contributed by atoms with Crippen molar-refractivity contribution < 1.29 is 23.1 Å². The summed E-state index contributed by atoms with van der Waals surface area (Å²) >= 11 is 0. The van der Waals surface area contributed by atoms with Gasteiger partial charge < -0.3 is 10.1 Å². The largest absolute Gasteiger partial charge is 0.468 e. The number of ether oxygens (including phenoxy) is 1. The number of likely N-dealkylation sites (tertiary alicyclic amines) is 1. The van der Waals surface area contributed by atoms with Crippen molar-refractivity contribution in [1.29, 1.82) is 0 Å². The Morgan fingerprint density at radius 2 is 1.86 bits per heavy atom. The smallest absolute Gasteiger partial charge is 0.323 e. The van der Waals surface area contributed by atoms with E-state index >= 15 is 0 Å². The fourth-order valence-corrected chi connectivity index (χ4v) is 3.41. The fourth-order valence-electron chi connectivity index (χ4n) is 3.41. The van der Waals surface area contributed by atoms with Gasteiger partial charge in [-0.2, -0.15) is 0 Å². The summed E-state index contributed by atoms with van der Waals surface area (Å²) in [6, 6.07) is 10.0. The van der Waals surface area contributed by atoms with Crippen LogP contribution in [0.2, 0.25) is 0 Å². The summed E-state index contributed by atoms with van der Waals surface area (Å²) in [6.45, 7) is 2.58. The van der Waals surface area contributed by atoms with Crippen LogP contribution in [0.3, 0.4) is 0 Å². The van der Waals surface area contributed by atoms with E-state index in [1.807, 2.05) is 19.1 Å². The molecule has 0 unspecified atom stereocenters. The van der Waals surface area contributed by atoms with Gasteiger partial charge in [0.05, 0.1) is 7.11 Å². The Hall–Kier alpha value is -2.80. The minimum absolute atomic E-state index is 0.219. The van der Waals surface area contributed by atoms with Crippen molar-refractivity contribution in [1.82, 2.24) is 10.2 Å². The van der Waals surface area contributed by atoms with E-state index in [0.717, 1.165) is 17.7 Å². The van der Waals surface area contributed by atoms with Gasteiger partial charge in [0, 0.05) is 24.7 Å². The lowest BCUT2D eigenvalue weighted by Gasteiger charge is -2.22. The van der Waals surface area contributed by atoms with Gasteiger partial charge in [0.25, 0.3) is 5.91 Å². The zero-order chi connectivity index (χ0) is 20.3. The first kappa shape index (κ1) is 19.9. The van der Waals surface area contributed by atoms with E-state index in [1.165, 1.54) is 13.2 Å². The number of nitrogens with zero attached hydrogens (tertiary/aromatic N) is 1. The topological polar surface area (TPSA) is 58.6 Å². The normalized spacial score (nSPS) is 19.4. The van der Waals surface area contributed by atoms with Crippen LogP contribution in [0.4, 0.5) is 8.78 Å². The first-order valence-electron chi connectivity index (χ1n) is 9.00. The maximum Gasteiger partial charge on any atom is 0.323 e. The molecule has 28 heavy (non-hydrogen) atoms. The molecule has 1 fully saturated rings. The minimum atomic E-state index is -0.935. The Kier molecular flexibility index (Phi) is 6.04. The van der Waals surface area contributed by atoms with Gasteiger partial charge in [-0.05, 0) is 43.2 Å². The maximum absolute atomic E-state index is 13.5. The molecule has 0 aliphatic carbocycles. The number of hydrogen-bond donors (Lipinski definition) is 1. The van der Waals surface area contributed by atoms with Crippen LogP contribution in [0.15, 0.2) is 42.5 Å². The molecule has 2 aromatic rings. The average Bonchev–Trinajstić information content (AvgIpc) is 3.06. The quantitative estimate of drug-likeness (QED) is 0.801. The molecule has 1 heterocycles. The molecule has 1 aliphatic rings. The number of rotatable bonds is 5. The summed E-state index contributed by atoms with van der Waals surface area (Å²) < 4.78 is 31.5. The van der Waals surface area contributed by atoms with E-state index in [1.54, 1.807) is 17.0 Å². The summed E-state index contributed by atoms with van der Waals surface area (Å²) in [7, 11) is 1.30. The summed E-state index contributed by atoms with van der Waals surface area (Å²) in [5.74, 6) is -2.49. The van der Waals surface area contributed by atoms with Crippen molar-refractivity contribution in [3.8, 4) is 0 Å². The Balaban J connectivity index is 1.71. The molecule has 1 N–H and O–H groups in total. The number of carbonyl (C=O) groups excluding carboxylic acids is 2. The number of nitrogens with one attached hydrogen (secondary N) is 1. The predicted molar refractivity (Wildman–Crippen MR) is 99.6 cm³/mol. The Morgan fingerprint density at radius 3 is 2.50 bits per heavy atom. The molecule has 7 heteroatoms. The summed E-state index contributed by atoms with van der Waals surface area (Å²) in [6.07, 6.45) is 0.383. The Labute approximate surface area is 162 Å². The fraction of sp³-hybridized carbons (Fsp3) is 0.333. The third-order valence-electron chi connectivity index (χ3n) is 4.90. The number of carbonyl (C=O) groups is 2. The lowest BCUT2D eigenvalue weighted by molar-refractivity contribution is -0.146. The number of hydrogen-bond acceptors (Lipinski definition) is 4. The minimum Gasteiger partial charge on any atom is -0.468 e. The monoisotopic (exact) mass is 388 g/mol. The van der Waals surface area contributed by atoms with Crippen molar-refractivity contribution >= 4 is 11.9 Å². The van der Waals surface area contributed by atoms with Gasteiger partial charge >= 0.3 is 5.97 Å². The summed E-state index contributed by atoms with van der Waals surface area (Å²) in [4.78, 5) is 26.4. The lowest BCUT2D eigenvalue weighted by atomic mass is 10.1. The second kappa shape index (κ2) is 8.48. The first-order valence-corrected chi connectivity index (χ1v) is 9.00. The van der Waals surface area contributed by atoms with Crippen LogP contribution >= 0.6 is 0 Å². The van der Waals surface area contributed by atoms with Crippen molar-refractivity contribution in [2.45, 2.75) is 32.0 Å². The van der Waals surface area contributed by atoms with Gasteiger partial charge in [0.2, 0.25) is 0 Å². The molecule has 1 amide bonds. The lowest BCUT2D eigenvalue weighted by Crippen LogP contribution is -2.37. The molecule has 0 radical (unpaired) electrons. The molecule has 0 saturated carbocycles. The van der Waals surface area contributed by atoms with Crippen molar-refractivity contribution in [3.05, 3.63) is 70.8 Å². The molecule has 1 aliphatic heterocycles. The van der Waals surface area contributed by atoms with Crippen LogP contribution in [-0.2, 0) is 16.1 Å². The number of methoxy groups -OCH3 is 1. The summed E-state index contributed by atoms with van der Waals surface area (Å²) in [5.41, 5.74) is 2.14. The van der Waals surface area contributed by atoms with Gasteiger partial charge in [0.15, 0.2) is 11.6 Å². The van der Waals surface area contributed by atoms with Gasteiger partial charge in [-0.3, -0.25) is 14.5 Å². The number of esters is 1. The average molecular weight is 388 g/mol. The molecule has 3 rings (SSSR count). The highest BCUT2D eigenvalue weighted by atomic mass is 19.2. The van der Waals surface area contributed by atoms with Gasteiger partial charge in [0.1, 0.15) is 6.04 Å². The molecule has 1 saturated heterocycles. The third kappa shape index (κ3) is 4.54. The molecular weight excluding hydrogens is 366 g/mol. The van der Waals surface area contributed by atoms with Crippen LogP contribution in [0.25, 0.3) is 0 Å². The van der Waals surface area contributed by atoms with E-state index in [0.29, 0.717) is 24.1 Å². The number of benzene rings is 2. The van der Waals surface area contributed by atoms with E-state index in [4.69, 9.17) is 4.74 Å². The van der Waals surface area contributed by atoms with Crippen LogP contribution in [0.5, 0.6) is 0 Å². The van der Waals surface area contributed by atoms with Crippen LogP contribution in [0, 0.1) is 18.6 Å². The van der Waals surface area contributed by atoms with Crippen molar-refractivity contribution in [3.63, 3.8) is 0 Å². The van der Waals surface area contributed by atoms with E-state index in [9.17, 15) is 18.4 Å². The molecule has 5 nitrogen and oxygen atoms in total. The zero-order valence-electron chi connectivity index (χ0n) is 15.7. The standard InChI is InChI=1S/C21H22F2N2O3/c1-13-3-6-15(7-4-13)20(26)24-16-10-19(21(27)28-2)25(12-16)11-14-5-8-17(22)18(23)9-14/h3-9,16,19H,10-12H2,1-2H3,(H,24,26)/t16-,19+/m1/s1. The highest BCUT2D eigenvalue weighted by molar-refractivity contribution is 5.94. The Morgan fingerprint density at radius 1 is 1.14 bits per heavy atom. The maximum atomic E-state index is 13.5. The SMILES string of the molecule is COC(=O)[C@@H]1C[C@@H](NC(=O)c2ccc(C)cc2)CN1Cc1ccc(F)c(F)c1. The van der Waals surface area contributed by atoms with Crippen LogP contribution in [0.1, 0.15) is 27.9 Å². The highest BCUT2D eigenvalue weighted by Crippen LogP contribution is 2.23. The van der Waals surface area contributed by atoms with Gasteiger partial charge in [-0.1, -0.05) is 23.8 Å². The predicted octanol–water partition coefficient (Wildman–Crippen LogP) is 2.82. The zero-order valence-corrected chi connectivity index (χ0v) is 15.7. The molecule has 148 valence electrons. The third-order valence-corrected chi connectivity index (χ3v) is 4.90. The van der Waals surface area contributed by atoms with Crippen LogP contribution in [-0.4, -0.2) is 42.5 Å². The first-order chi connectivity index (χ1) is 13.4. The highest BCUT2D eigenvalue weighted by Gasteiger charge is 2.38. The van der Waals surface area contributed by atoms with E-state index < -0.39 is 23.6 Å². The number of amides is 1. The van der Waals surface area contributed by atoms with E-state index in [2.05, 4.69) is 5.32 Å². The molecule has 2 aromatic carbocycles. The second-order valence-corrected chi connectivity index (χ2v) is 6.99. The number of aryl methyl sites for hydroxylation is 1. The Bertz CT molecular complexity index is 870. The van der Waals surface area contributed by atoms with Crippen LogP contribution < -0.4 is 5.32 Å². The molecule has 0 spiro atoms. The second-order valence-electron chi connectivity index (χ2n) is 6.99.